The van der Waals surface area contributed by atoms with Gasteiger partial charge in [-0.1, -0.05) is 18.2 Å². The van der Waals surface area contributed by atoms with Gasteiger partial charge in [0.1, 0.15) is 0 Å². The number of thioether (sulfide) groups is 1. The van der Waals surface area contributed by atoms with Gasteiger partial charge in [0.05, 0.1) is 0 Å². The van der Waals surface area contributed by atoms with Crippen molar-refractivity contribution in [3.63, 3.8) is 0 Å². The van der Waals surface area contributed by atoms with Gasteiger partial charge in [-0.15, -0.1) is 35.7 Å². The first-order valence-electron chi connectivity index (χ1n) is 8.56. The minimum atomic E-state index is 0. The summed E-state index contributed by atoms with van der Waals surface area (Å²) in [6.07, 6.45) is 3.85. The molecule has 1 saturated carbocycles. The van der Waals surface area contributed by atoms with Crippen LogP contribution in [0.15, 0.2) is 40.2 Å². The lowest BCUT2D eigenvalue weighted by Gasteiger charge is -2.19. The van der Waals surface area contributed by atoms with E-state index in [1.807, 2.05) is 18.8 Å². The fourth-order valence-electron chi connectivity index (χ4n) is 3.09. The summed E-state index contributed by atoms with van der Waals surface area (Å²) in [5, 5.41) is 7.03. The van der Waals surface area contributed by atoms with Crippen LogP contribution in [-0.2, 0) is 0 Å². The molecule has 4 nitrogen and oxygen atoms in total. The summed E-state index contributed by atoms with van der Waals surface area (Å²) in [6.45, 7) is 4.41. The van der Waals surface area contributed by atoms with Crippen molar-refractivity contribution in [2.45, 2.75) is 28.9 Å². The SMILES string of the molecule is CN=C(NCC1CCN(C)C1)NCC1(Sc2ccccc2)CC1.I. The Morgan fingerprint density at radius 2 is 2.04 bits per heavy atom. The monoisotopic (exact) mass is 460 g/mol. The smallest absolute Gasteiger partial charge is 0.191 e. The van der Waals surface area contributed by atoms with Gasteiger partial charge in [0, 0.05) is 36.3 Å². The third-order valence-electron chi connectivity index (χ3n) is 4.73. The van der Waals surface area contributed by atoms with Crippen LogP contribution in [0.5, 0.6) is 0 Å². The third kappa shape index (κ3) is 5.81. The lowest BCUT2D eigenvalue weighted by atomic mass is 10.1. The molecule has 1 atom stereocenters. The van der Waals surface area contributed by atoms with Crippen LogP contribution in [0.4, 0.5) is 0 Å². The molecule has 1 aromatic carbocycles. The maximum absolute atomic E-state index is 4.38. The number of hydrogen-bond acceptors (Lipinski definition) is 3. The van der Waals surface area contributed by atoms with E-state index in [1.54, 1.807) is 0 Å². The number of nitrogens with one attached hydrogen (secondary N) is 2. The van der Waals surface area contributed by atoms with E-state index in [-0.39, 0.29) is 24.0 Å². The van der Waals surface area contributed by atoms with Crippen molar-refractivity contribution in [2.24, 2.45) is 10.9 Å². The second-order valence-corrected chi connectivity index (χ2v) is 8.36. The van der Waals surface area contributed by atoms with Crippen LogP contribution in [0, 0.1) is 5.92 Å². The van der Waals surface area contributed by atoms with Crippen molar-refractivity contribution in [3.05, 3.63) is 30.3 Å². The van der Waals surface area contributed by atoms with Crippen molar-refractivity contribution >= 4 is 41.7 Å². The molecule has 3 rings (SSSR count). The van der Waals surface area contributed by atoms with E-state index in [1.165, 1.54) is 37.2 Å². The highest BCUT2D eigenvalue weighted by Crippen LogP contribution is 2.51. The van der Waals surface area contributed by atoms with Gasteiger partial charge in [-0.2, -0.15) is 0 Å². The van der Waals surface area contributed by atoms with Crippen molar-refractivity contribution in [1.82, 2.24) is 15.5 Å². The first kappa shape index (κ1) is 19.8. The largest absolute Gasteiger partial charge is 0.356 e. The molecule has 0 spiro atoms. The Morgan fingerprint density at radius 1 is 1.29 bits per heavy atom. The maximum Gasteiger partial charge on any atom is 0.191 e. The highest BCUT2D eigenvalue weighted by molar-refractivity contribution is 14.0. The molecule has 0 aromatic heterocycles. The highest BCUT2D eigenvalue weighted by Gasteiger charge is 2.43. The quantitative estimate of drug-likeness (QED) is 0.389. The van der Waals surface area contributed by atoms with Crippen LogP contribution in [0.25, 0.3) is 0 Å². The molecule has 1 aliphatic heterocycles. The second kappa shape index (κ2) is 9.29. The van der Waals surface area contributed by atoms with Crippen LogP contribution in [-0.4, -0.2) is 55.9 Å². The summed E-state index contributed by atoms with van der Waals surface area (Å²) in [5.74, 6) is 1.69. The Kier molecular flexibility index (Phi) is 7.68. The Morgan fingerprint density at radius 3 is 2.62 bits per heavy atom. The average Bonchev–Trinajstić information content (AvgIpc) is 3.20. The van der Waals surface area contributed by atoms with Gasteiger partial charge in [0.2, 0.25) is 0 Å². The molecule has 2 fully saturated rings. The standard InChI is InChI=1S/C18H28N4S.HI/c1-19-17(20-12-15-8-11-22(2)13-15)21-14-18(9-10-18)23-16-6-4-3-5-7-16;/h3-7,15H,8-14H2,1-2H3,(H2,19,20,21);1H. The van der Waals surface area contributed by atoms with E-state index in [0.29, 0.717) is 4.75 Å². The van der Waals surface area contributed by atoms with Crippen molar-refractivity contribution in [1.29, 1.82) is 0 Å². The molecule has 0 bridgehead atoms. The molecule has 2 aliphatic rings. The van der Waals surface area contributed by atoms with E-state index in [4.69, 9.17) is 0 Å². The van der Waals surface area contributed by atoms with E-state index in [2.05, 4.69) is 57.9 Å². The molecule has 6 heteroatoms. The number of likely N-dealkylation sites (tertiary alicyclic amines) is 1. The number of halogens is 1. The van der Waals surface area contributed by atoms with Gasteiger partial charge in [0.25, 0.3) is 0 Å². The Hall–Kier alpha value is -0.470. The molecule has 0 radical (unpaired) electrons. The van der Waals surface area contributed by atoms with Gasteiger partial charge in [-0.05, 0) is 50.9 Å². The van der Waals surface area contributed by atoms with E-state index in [9.17, 15) is 0 Å². The lowest BCUT2D eigenvalue weighted by Crippen LogP contribution is -2.43. The summed E-state index contributed by atoms with van der Waals surface area (Å²) >= 11 is 2.00. The molecule has 0 amide bonds. The van der Waals surface area contributed by atoms with Gasteiger partial charge < -0.3 is 15.5 Å². The minimum Gasteiger partial charge on any atom is -0.356 e. The average molecular weight is 460 g/mol. The van der Waals surface area contributed by atoms with Crippen molar-refractivity contribution in [2.75, 3.05) is 40.3 Å². The van der Waals surface area contributed by atoms with Gasteiger partial charge in [-0.25, -0.2) is 0 Å². The Labute approximate surface area is 167 Å². The number of hydrogen-bond donors (Lipinski definition) is 2. The predicted molar refractivity (Wildman–Crippen MR) is 115 cm³/mol. The van der Waals surface area contributed by atoms with E-state index >= 15 is 0 Å². The molecule has 2 N–H and O–H groups in total. The predicted octanol–water partition coefficient (Wildman–Crippen LogP) is 3.05. The van der Waals surface area contributed by atoms with Crippen LogP contribution in [0.2, 0.25) is 0 Å². The van der Waals surface area contributed by atoms with Crippen molar-refractivity contribution in [3.8, 4) is 0 Å². The number of nitrogens with zero attached hydrogens (tertiary/aromatic N) is 2. The lowest BCUT2D eigenvalue weighted by molar-refractivity contribution is 0.394. The maximum atomic E-state index is 4.38. The zero-order chi connectivity index (χ0) is 16.1. The zero-order valence-electron chi connectivity index (χ0n) is 14.6. The molecule has 1 aliphatic carbocycles. The zero-order valence-corrected chi connectivity index (χ0v) is 17.8. The van der Waals surface area contributed by atoms with Crippen molar-refractivity contribution < 1.29 is 0 Å². The third-order valence-corrected chi connectivity index (χ3v) is 6.23. The minimum absolute atomic E-state index is 0. The highest BCUT2D eigenvalue weighted by atomic mass is 127. The Balaban J connectivity index is 0.00000208. The second-order valence-electron chi connectivity index (χ2n) is 6.82. The molecular formula is C18H29IN4S. The molecule has 1 heterocycles. The topological polar surface area (TPSA) is 39.7 Å². The summed E-state index contributed by atoms with van der Waals surface area (Å²) < 4.78 is 0.354. The summed E-state index contributed by atoms with van der Waals surface area (Å²) in [5.41, 5.74) is 0. The van der Waals surface area contributed by atoms with Gasteiger partial charge >= 0.3 is 0 Å². The van der Waals surface area contributed by atoms with E-state index in [0.717, 1.165) is 25.0 Å². The van der Waals surface area contributed by atoms with Gasteiger partial charge in [0.15, 0.2) is 5.96 Å². The number of benzene rings is 1. The molecule has 1 unspecified atom stereocenters. The van der Waals surface area contributed by atoms with Crippen LogP contribution >= 0.6 is 35.7 Å². The molecule has 24 heavy (non-hydrogen) atoms. The fraction of sp³-hybridized carbons (Fsp3) is 0.611. The summed E-state index contributed by atoms with van der Waals surface area (Å²) in [7, 11) is 4.06. The molecular weight excluding hydrogens is 431 g/mol. The van der Waals surface area contributed by atoms with Crippen LogP contribution < -0.4 is 10.6 Å². The Bertz CT molecular complexity index is 533. The van der Waals surface area contributed by atoms with Gasteiger partial charge in [-0.3, -0.25) is 4.99 Å². The summed E-state index contributed by atoms with van der Waals surface area (Å²) in [6, 6.07) is 10.7. The fourth-order valence-corrected chi connectivity index (χ4v) is 4.34. The first-order chi connectivity index (χ1) is 11.2. The number of rotatable bonds is 6. The van der Waals surface area contributed by atoms with Crippen LogP contribution in [0.1, 0.15) is 19.3 Å². The molecule has 134 valence electrons. The van der Waals surface area contributed by atoms with Crippen LogP contribution in [0.3, 0.4) is 0 Å². The van der Waals surface area contributed by atoms with E-state index < -0.39 is 0 Å². The normalized spacial score (nSPS) is 22.8. The molecule has 1 aromatic rings. The number of guanidine groups is 1. The molecule has 1 saturated heterocycles. The first-order valence-corrected chi connectivity index (χ1v) is 9.38. The summed E-state index contributed by atoms with van der Waals surface area (Å²) in [4.78, 5) is 8.14. The number of aliphatic imine (C=N–C) groups is 1.